The average Bonchev–Trinajstić information content (AvgIpc) is 2.64. The number of ether oxygens (including phenoxy) is 2. The number of alkyl halides is 3. The molecule has 2 unspecified atom stereocenters. The van der Waals surface area contributed by atoms with Crippen LogP contribution >= 0.6 is 0 Å². The van der Waals surface area contributed by atoms with E-state index in [-0.39, 0.29) is 6.42 Å². The molecule has 0 saturated heterocycles. The Morgan fingerprint density at radius 2 is 1.40 bits per heavy atom. The first-order valence-electron chi connectivity index (χ1n) is 8.56. The van der Waals surface area contributed by atoms with Crippen LogP contribution in [0.15, 0.2) is 42.5 Å². The molecule has 2 nitrogen and oxygen atoms in total. The number of benzene rings is 2. The van der Waals surface area contributed by atoms with Gasteiger partial charge in [0.15, 0.2) is 6.10 Å². The van der Waals surface area contributed by atoms with Crippen molar-refractivity contribution >= 4 is 10.8 Å². The zero-order valence-electron chi connectivity index (χ0n) is 15.9. The summed E-state index contributed by atoms with van der Waals surface area (Å²) in [4.78, 5) is 0. The highest BCUT2D eigenvalue weighted by atomic mass is 19.4. The normalized spacial score (nSPS) is 13.2. The average molecular weight is 358 g/mol. The first kappa shape index (κ1) is 23.4. The molecule has 0 aliphatic rings. The Balaban J connectivity index is 0.00000134. The maximum Gasteiger partial charge on any atom is 0.414 e. The molecule has 0 radical (unpaired) electrons. The Hall–Kier alpha value is -1.59. The van der Waals surface area contributed by atoms with Gasteiger partial charge in [-0.1, -0.05) is 64.1 Å². The molecule has 2 rings (SSSR count). The highest BCUT2D eigenvalue weighted by molar-refractivity contribution is 5.83. The first-order chi connectivity index (χ1) is 12.0. The molecule has 0 aliphatic heterocycles. The van der Waals surface area contributed by atoms with Crippen molar-refractivity contribution in [1.29, 1.82) is 0 Å². The minimum atomic E-state index is -4.40. The van der Waals surface area contributed by atoms with Crippen molar-refractivity contribution in [3.05, 3.63) is 48.0 Å². The fourth-order valence-corrected chi connectivity index (χ4v) is 2.33. The van der Waals surface area contributed by atoms with Gasteiger partial charge in [0, 0.05) is 20.6 Å². The maximum absolute atomic E-state index is 12.8. The second-order valence-electron chi connectivity index (χ2n) is 4.83. The molecule has 0 aliphatic carbocycles. The van der Waals surface area contributed by atoms with Crippen molar-refractivity contribution in [3.8, 4) is 0 Å². The Morgan fingerprint density at radius 3 is 1.88 bits per heavy atom. The third-order valence-corrected chi connectivity index (χ3v) is 3.51. The van der Waals surface area contributed by atoms with Crippen LogP contribution in [0.5, 0.6) is 0 Å². The fourth-order valence-electron chi connectivity index (χ4n) is 2.33. The van der Waals surface area contributed by atoms with E-state index in [2.05, 4.69) is 4.74 Å². The maximum atomic E-state index is 12.8. The third-order valence-electron chi connectivity index (χ3n) is 3.51. The molecule has 0 spiro atoms. The van der Waals surface area contributed by atoms with Gasteiger partial charge in [0.05, 0.1) is 6.10 Å². The van der Waals surface area contributed by atoms with Gasteiger partial charge in [-0.2, -0.15) is 13.2 Å². The minimum Gasteiger partial charge on any atom is -0.377 e. The molecular formula is C20H29F3O2. The summed E-state index contributed by atoms with van der Waals surface area (Å²) in [6.07, 6.45) is -7.17. The van der Waals surface area contributed by atoms with E-state index < -0.39 is 18.4 Å². The van der Waals surface area contributed by atoms with Crippen molar-refractivity contribution in [2.75, 3.05) is 14.2 Å². The van der Waals surface area contributed by atoms with Crippen molar-refractivity contribution in [2.24, 2.45) is 0 Å². The third kappa shape index (κ3) is 7.04. The number of hydrogen-bond acceptors (Lipinski definition) is 2. The van der Waals surface area contributed by atoms with Crippen LogP contribution in [0.1, 0.15) is 45.8 Å². The molecule has 2 atom stereocenters. The van der Waals surface area contributed by atoms with Gasteiger partial charge in [0.1, 0.15) is 0 Å². The predicted octanol–water partition coefficient (Wildman–Crippen LogP) is 6.55. The highest BCUT2D eigenvalue weighted by Gasteiger charge is 2.41. The van der Waals surface area contributed by atoms with E-state index in [1.54, 1.807) is 6.07 Å². The van der Waals surface area contributed by atoms with Crippen molar-refractivity contribution < 1.29 is 22.6 Å². The van der Waals surface area contributed by atoms with Crippen LogP contribution in [-0.4, -0.2) is 26.5 Å². The molecule has 25 heavy (non-hydrogen) atoms. The molecule has 5 heteroatoms. The lowest BCUT2D eigenvalue weighted by molar-refractivity contribution is -0.221. The zero-order valence-corrected chi connectivity index (χ0v) is 15.9. The largest absolute Gasteiger partial charge is 0.414 e. The first-order valence-corrected chi connectivity index (χ1v) is 8.56. The number of fused-ring (bicyclic) bond motifs is 1. The van der Waals surface area contributed by atoms with Crippen LogP contribution in [0.2, 0.25) is 0 Å². The molecule has 0 saturated carbocycles. The molecule has 0 aromatic heterocycles. The van der Waals surface area contributed by atoms with Gasteiger partial charge in [0.25, 0.3) is 0 Å². The van der Waals surface area contributed by atoms with E-state index in [0.29, 0.717) is 5.56 Å². The summed E-state index contributed by atoms with van der Waals surface area (Å²) in [6, 6.07) is 13.2. The van der Waals surface area contributed by atoms with Crippen LogP contribution < -0.4 is 0 Å². The second-order valence-corrected chi connectivity index (χ2v) is 4.83. The topological polar surface area (TPSA) is 18.5 Å². The highest BCUT2D eigenvalue weighted by Crippen LogP contribution is 2.32. The Bertz CT molecular complexity index is 597. The van der Waals surface area contributed by atoms with Gasteiger partial charge in [-0.25, -0.2) is 0 Å². The van der Waals surface area contributed by atoms with E-state index in [1.165, 1.54) is 7.11 Å². The summed E-state index contributed by atoms with van der Waals surface area (Å²) in [7, 11) is 2.47. The lowest BCUT2D eigenvalue weighted by atomic mass is 9.99. The Kier molecular flexibility index (Phi) is 11.1. The standard InChI is InChI=1S/C16H17F3O2.2C2H6/c1-20-14(10-15(21-2)16(17,18)19)13-8-7-11-5-3-4-6-12(11)9-13;2*1-2/h3-9,14-15H,10H2,1-2H3;2*1-2H3. The molecule has 0 bridgehead atoms. The van der Waals surface area contributed by atoms with Crippen LogP contribution in [0.4, 0.5) is 13.2 Å². The summed E-state index contributed by atoms with van der Waals surface area (Å²) in [5.41, 5.74) is 0.711. The van der Waals surface area contributed by atoms with Crippen molar-refractivity contribution in [2.45, 2.75) is 52.5 Å². The molecular weight excluding hydrogens is 329 g/mol. The molecule has 0 fully saturated rings. The minimum absolute atomic E-state index is 0.269. The number of rotatable bonds is 5. The van der Waals surface area contributed by atoms with Gasteiger partial charge in [-0.15, -0.1) is 0 Å². The summed E-state index contributed by atoms with van der Waals surface area (Å²) in [5.74, 6) is 0. The molecule has 0 heterocycles. The van der Waals surface area contributed by atoms with E-state index in [1.807, 2.05) is 64.1 Å². The molecule has 142 valence electrons. The zero-order chi connectivity index (χ0) is 19.5. The van der Waals surface area contributed by atoms with Crippen LogP contribution in [0.25, 0.3) is 10.8 Å². The lowest BCUT2D eigenvalue weighted by Gasteiger charge is -2.24. The van der Waals surface area contributed by atoms with Crippen molar-refractivity contribution in [1.82, 2.24) is 0 Å². The quantitative estimate of drug-likeness (QED) is 0.603. The van der Waals surface area contributed by atoms with Gasteiger partial charge < -0.3 is 9.47 Å². The van der Waals surface area contributed by atoms with E-state index in [9.17, 15) is 13.2 Å². The van der Waals surface area contributed by atoms with Gasteiger partial charge >= 0.3 is 6.18 Å². The van der Waals surface area contributed by atoms with Crippen LogP contribution in [0, 0.1) is 0 Å². The fraction of sp³-hybridized carbons (Fsp3) is 0.500. The van der Waals surface area contributed by atoms with Gasteiger partial charge in [0.2, 0.25) is 0 Å². The Labute approximate surface area is 148 Å². The number of hydrogen-bond donors (Lipinski definition) is 0. The Morgan fingerprint density at radius 1 is 0.840 bits per heavy atom. The predicted molar refractivity (Wildman–Crippen MR) is 97.9 cm³/mol. The van der Waals surface area contributed by atoms with E-state index in [0.717, 1.165) is 17.9 Å². The summed E-state index contributed by atoms with van der Waals surface area (Å²) in [6.45, 7) is 8.00. The lowest BCUT2D eigenvalue weighted by Crippen LogP contribution is -2.32. The smallest absolute Gasteiger partial charge is 0.377 e. The summed E-state index contributed by atoms with van der Waals surface area (Å²) in [5, 5.41) is 2.01. The molecule has 2 aromatic rings. The van der Waals surface area contributed by atoms with E-state index in [4.69, 9.17) is 4.74 Å². The van der Waals surface area contributed by atoms with Crippen LogP contribution in [-0.2, 0) is 9.47 Å². The van der Waals surface area contributed by atoms with Crippen LogP contribution in [0.3, 0.4) is 0 Å². The second kappa shape index (κ2) is 11.9. The molecule has 0 N–H and O–H groups in total. The van der Waals surface area contributed by atoms with Gasteiger partial charge in [-0.3, -0.25) is 0 Å². The van der Waals surface area contributed by atoms with Crippen molar-refractivity contribution in [3.63, 3.8) is 0 Å². The van der Waals surface area contributed by atoms with Gasteiger partial charge in [-0.05, 0) is 22.4 Å². The molecule has 2 aromatic carbocycles. The summed E-state index contributed by atoms with van der Waals surface area (Å²) >= 11 is 0. The van der Waals surface area contributed by atoms with E-state index >= 15 is 0 Å². The number of methoxy groups -OCH3 is 2. The molecule has 0 amide bonds. The SMILES string of the molecule is CC.CC.COC(CC(OC)C(F)(F)F)c1ccc2ccccc2c1. The summed E-state index contributed by atoms with van der Waals surface area (Å²) < 4.78 is 48.2. The number of halogens is 3. The monoisotopic (exact) mass is 358 g/mol.